The Kier molecular flexibility index (Phi) is 5.94. The maximum atomic E-state index is 3.71. The van der Waals surface area contributed by atoms with Crippen molar-refractivity contribution in [3.63, 3.8) is 0 Å². The molecule has 0 heterocycles. The van der Waals surface area contributed by atoms with Crippen molar-refractivity contribution in [2.75, 3.05) is 13.6 Å². The molecule has 5 unspecified atom stereocenters. The Morgan fingerprint density at radius 3 is 2.41 bits per heavy atom. The smallest absolute Gasteiger partial charge is 0.0274 e. The lowest BCUT2D eigenvalue weighted by Crippen LogP contribution is -2.57. The van der Waals surface area contributed by atoms with Crippen molar-refractivity contribution >= 4 is 0 Å². The summed E-state index contributed by atoms with van der Waals surface area (Å²) in [5.41, 5.74) is 0. The van der Waals surface area contributed by atoms with Gasteiger partial charge in [-0.05, 0) is 51.6 Å². The summed E-state index contributed by atoms with van der Waals surface area (Å²) in [5.74, 6) is 1.68. The van der Waals surface area contributed by atoms with E-state index in [1.165, 1.54) is 19.3 Å². The van der Waals surface area contributed by atoms with Crippen LogP contribution in [0.2, 0.25) is 0 Å². The van der Waals surface area contributed by atoms with Gasteiger partial charge in [0.2, 0.25) is 0 Å². The minimum Gasteiger partial charge on any atom is -0.313 e. The predicted molar refractivity (Wildman–Crippen MR) is 76.3 cm³/mol. The lowest BCUT2D eigenvalue weighted by Gasteiger charge is -2.46. The maximum Gasteiger partial charge on any atom is 0.0274 e. The molecule has 5 atom stereocenters. The standard InChI is InChI=1S/C15H32N2/c1-7-13(5)17(6)15-12(4)9-11(3)10-14(15)16-8-2/h11-16H,7-10H2,1-6H3. The van der Waals surface area contributed by atoms with Crippen molar-refractivity contribution in [1.82, 2.24) is 10.2 Å². The van der Waals surface area contributed by atoms with Gasteiger partial charge in [0.15, 0.2) is 0 Å². The van der Waals surface area contributed by atoms with E-state index in [-0.39, 0.29) is 0 Å². The van der Waals surface area contributed by atoms with Crippen LogP contribution in [0.3, 0.4) is 0 Å². The average Bonchev–Trinajstić information content (AvgIpc) is 2.27. The summed E-state index contributed by atoms with van der Waals surface area (Å²) in [5, 5.41) is 3.71. The summed E-state index contributed by atoms with van der Waals surface area (Å²) in [6.07, 6.45) is 3.96. The third kappa shape index (κ3) is 3.69. The summed E-state index contributed by atoms with van der Waals surface area (Å²) < 4.78 is 0. The molecule has 1 saturated carbocycles. The predicted octanol–water partition coefficient (Wildman–Crippen LogP) is 3.13. The van der Waals surface area contributed by atoms with E-state index in [0.717, 1.165) is 18.4 Å². The molecule has 0 spiro atoms. The molecule has 0 aromatic rings. The monoisotopic (exact) mass is 240 g/mol. The highest BCUT2D eigenvalue weighted by molar-refractivity contribution is 4.94. The van der Waals surface area contributed by atoms with E-state index in [4.69, 9.17) is 0 Å². The van der Waals surface area contributed by atoms with Crippen LogP contribution in [0.4, 0.5) is 0 Å². The van der Waals surface area contributed by atoms with Crippen LogP contribution < -0.4 is 5.32 Å². The fourth-order valence-electron chi connectivity index (χ4n) is 3.57. The van der Waals surface area contributed by atoms with Gasteiger partial charge in [0.25, 0.3) is 0 Å². The molecule has 0 amide bonds. The van der Waals surface area contributed by atoms with E-state index in [0.29, 0.717) is 18.1 Å². The zero-order valence-corrected chi connectivity index (χ0v) is 12.7. The van der Waals surface area contributed by atoms with Crippen LogP contribution in [0.25, 0.3) is 0 Å². The van der Waals surface area contributed by atoms with E-state index in [2.05, 4.69) is 51.9 Å². The SMILES string of the molecule is CCNC1CC(C)CC(C)C1N(C)C(C)CC. The van der Waals surface area contributed by atoms with Gasteiger partial charge in [-0.3, -0.25) is 4.90 Å². The minimum atomic E-state index is 0.678. The van der Waals surface area contributed by atoms with Crippen molar-refractivity contribution in [3.05, 3.63) is 0 Å². The molecule has 17 heavy (non-hydrogen) atoms. The number of rotatable bonds is 5. The molecule has 0 saturated heterocycles. The van der Waals surface area contributed by atoms with E-state index in [1.54, 1.807) is 0 Å². The van der Waals surface area contributed by atoms with E-state index < -0.39 is 0 Å². The summed E-state index contributed by atoms with van der Waals surface area (Å²) in [6.45, 7) is 12.8. The van der Waals surface area contributed by atoms with Crippen molar-refractivity contribution in [1.29, 1.82) is 0 Å². The van der Waals surface area contributed by atoms with Gasteiger partial charge >= 0.3 is 0 Å². The molecular weight excluding hydrogens is 208 g/mol. The molecule has 0 radical (unpaired) electrons. The first kappa shape index (κ1) is 15.0. The van der Waals surface area contributed by atoms with Gasteiger partial charge in [-0.25, -0.2) is 0 Å². The molecule has 2 nitrogen and oxygen atoms in total. The summed E-state index contributed by atoms with van der Waals surface area (Å²) >= 11 is 0. The van der Waals surface area contributed by atoms with Gasteiger partial charge in [0.1, 0.15) is 0 Å². The second-order valence-corrected chi connectivity index (χ2v) is 6.13. The Balaban J connectivity index is 2.75. The molecule has 0 aromatic carbocycles. The van der Waals surface area contributed by atoms with Gasteiger partial charge in [-0.2, -0.15) is 0 Å². The Labute approximate surface area is 108 Å². The van der Waals surface area contributed by atoms with Crippen molar-refractivity contribution in [2.45, 2.75) is 72.0 Å². The van der Waals surface area contributed by atoms with E-state index in [9.17, 15) is 0 Å². The maximum absolute atomic E-state index is 3.71. The lowest BCUT2D eigenvalue weighted by atomic mass is 9.75. The molecule has 2 heteroatoms. The minimum absolute atomic E-state index is 0.678. The highest BCUT2D eigenvalue weighted by atomic mass is 15.2. The molecule has 0 aliphatic heterocycles. The highest BCUT2D eigenvalue weighted by Crippen LogP contribution is 2.32. The Morgan fingerprint density at radius 2 is 1.88 bits per heavy atom. The molecule has 0 bridgehead atoms. The summed E-state index contributed by atoms with van der Waals surface area (Å²) in [4.78, 5) is 2.61. The second-order valence-electron chi connectivity index (χ2n) is 6.13. The number of likely N-dealkylation sites (N-methyl/N-ethyl adjacent to an activating group) is 2. The van der Waals surface area contributed by atoms with E-state index >= 15 is 0 Å². The van der Waals surface area contributed by atoms with Crippen LogP contribution in [-0.2, 0) is 0 Å². The molecular formula is C15H32N2. The topological polar surface area (TPSA) is 15.3 Å². The third-order valence-electron chi connectivity index (χ3n) is 4.65. The molecule has 1 N–H and O–H groups in total. The lowest BCUT2D eigenvalue weighted by molar-refractivity contribution is 0.0548. The fourth-order valence-corrected chi connectivity index (χ4v) is 3.57. The normalized spacial score (nSPS) is 36.2. The van der Waals surface area contributed by atoms with Crippen LogP contribution in [0, 0.1) is 11.8 Å². The molecule has 102 valence electrons. The van der Waals surface area contributed by atoms with Gasteiger partial charge in [-0.15, -0.1) is 0 Å². The fraction of sp³-hybridized carbons (Fsp3) is 1.00. The molecule has 1 rings (SSSR count). The first-order valence-corrected chi connectivity index (χ1v) is 7.46. The van der Waals surface area contributed by atoms with Crippen molar-refractivity contribution in [2.24, 2.45) is 11.8 Å². The van der Waals surface area contributed by atoms with Gasteiger partial charge < -0.3 is 5.32 Å². The number of hydrogen-bond acceptors (Lipinski definition) is 2. The molecule has 1 aliphatic rings. The average molecular weight is 240 g/mol. The van der Waals surface area contributed by atoms with Gasteiger partial charge in [0.05, 0.1) is 0 Å². The first-order valence-electron chi connectivity index (χ1n) is 7.46. The van der Waals surface area contributed by atoms with Gasteiger partial charge in [0, 0.05) is 18.1 Å². The summed E-state index contributed by atoms with van der Waals surface area (Å²) in [7, 11) is 2.32. The Morgan fingerprint density at radius 1 is 1.24 bits per heavy atom. The van der Waals surface area contributed by atoms with Crippen molar-refractivity contribution < 1.29 is 0 Å². The Bertz CT molecular complexity index is 217. The number of nitrogens with one attached hydrogen (secondary N) is 1. The number of nitrogens with zero attached hydrogens (tertiary/aromatic N) is 1. The third-order valence-corrected chi connectivity index (χ3v) is 4.65. The van der Waals surface area contributed by atoms with Crippen LogP contribution >= 0.6 is 0 Å². The summed E-state index contributed by atoms with van der Waals surface area (Å²) in [6, 6.07) is 2.08. The molecule has 0 aromatic heterocycles. The zero-order chi connectivity index (χ0) is 13.0. The second kappa shape index (κ2) is 6.75. The highest BCUT2D eigenvalue weighted by Gasteiger charge is 2.36. The van der Waals surface area contributed by atoms with Crippen LogP contribution in [0.15, 0.2) is 0 Å². The quantitative estimate of drug-likeness (QED) is 0.794. The molecule has 1 fully saturated rings. The Hall–Kier alpha value is -0.0800. The van der Waals surface area contributed by atoms with E-state index in [1.807, 2.05) is 0 Å². The molecule has 1 aliphatic carbocycles. The zero-order valence-electron chi connectivity index (χ0n) is 12.7. The van der Waals surface area contributed by atoms with Gasteiger partial charge in [-0.1, -0.05) is 27.7 Å². The van der Waals surface area contributed by atoms with Crippen LogP contribution in [-0.4, -0.2) is 36.6 Å². The largest absolute Gasteiger partial charge is 0.313 e. The number of hydrogen-bond donors (Lipinski definition) is 1. The van der Waals surface area contributed by atoms with Crippen LogP contribution in [0.1, 0.15) is 53.9 Å². The van der Waals surface area contributed by atoms with Crippen molar-refractivity contribution in [3.8, 4) is 0 Å². The van der Waals surface area contributed by atoms with Crippen LogP contribution in [0.5, 0.6) is 0 Å². The first-order chi connectivity index (χ1) is 8.01.